The number of ether oxygens (including phenoxy) is 1. The van der Waals surface area contributed by atoms with Gasteiger partial charge in [-0.3, -0.25) is 28.1 Å². The molecule has 69 heavy (non-hydrogen) atoms. The van der Waals surface area contributed by atoms with Gasteiger partial charge in [-0.1, -0.05) is 102 Å². The molecule has 0 saturated carbocycles. The summed E-state index contributed by atoms with van der Waals surface area (Å²) < 4.78 is 60.8. The molecule has 28 heteroatoms. The van der Waals surface area contributed by atoms with Crippen molar-refractivity contribution in [1.82, 2.24) is 30.2 Å². The minimum atomic E-state index is -5.92. The third-order valence-electron chi connectivity index (χ3n) is 10.6. The average Bonchev–Trinajstić information content (AvgIpc) is 3.84. The second kappa shape index (κ2) is 30.2. The number of phosphoric ester groups is 3. The molecule has 0 bridgehead atoms. The van der Waals surface area contributed by atoms with Crippen LogP contribution in [-0.4, -0.2) is 103 Å². The number of amides is 2. The Morgan fingerprint density at radius 3 is 2.14 bits per heavy atom. The number of rotatable bonds is 35. The molecule has 1 saturated heterocycles. The van der Waals surface area contributed by atoms with Gasteiger partial charge in [0, 0.05) is 30.7 Å². The number of fused-ring (bicyclic) bond motifs is 1. The summed E-state index contributed by atoms with van der Waals surface area (Å²) >= 11 is 1.06. The summed E-state index contributed by atoms with van der Waals surface area (Å²) in [6.45, 7) is 2.34. The Kier molecular flexibility index (Phi) is 26.4. The smallest absolute Gasteiger partial charge is 0.274 e. The number of nitrogen functional groups attached to an aromatic ring is 1. The molecular weight excluding hydrogens is 987 g/mol. The van der Waals surface area contributed by atoms with Crippen LogP contribution in [0.4, 0.5) is 5.82 Å². The standard InChI is InChI=1S/C41H70N7O17P3S/c1-4-5-6-7-8-9-10-11-12-13-14-15-16-17-18-19-20-21-32(50)69-25-24-43-31(49)22-23-44-39(53)36(52)41(2,3)27-62-68(59,60)65-67(57,58)61-26-30-35(64-66(54,55)56)34(51)40(63-30)48-29-47-33-37(42)45-28-46-38(33)48/h9-10,20-21,28-30,34-36,40,51-52H,4-8,11-19,22-27H2,1-3H3,(H,43,49)(H,44,53)(H,57,58)(H,59,60)(H2,42,45,46)(H2,54,55,56)/p-4/b10-9-,21-20+/t30-,34-,35-,36+,40-/m1/s1. The molecule has 1 aliphatic rings. The number of phosphoric acid groups is 3. The number of thioether (sulfide) groups is 1. The van der Waals surface area contributed by atoms with Crippen LogP contribution in [0.2, 0.25) is 0 Å². The number of nitrogens with one attached hydrogen (secondary N) is 2. The fourth-order valence-electron chi connectivity index (χ4n) is 6.82. The van der Waals surface area contributed by atoms with E-state index < -0.39 is 84.6 Å². The van der Waals surface area contributed by atoms with Crippen LogP contribution in [0.5, 0.6) is 0 Å². The molecular formula is C41H66N7O17P3S-4. The Hall–Kier alpha value is -2.96. The van der Waals surface area contributed by atoms with E-state index >= 15 is 0 Å². The van der Waals surface area contributed by atoms with E-state index in [1.807, 2.05) is 6.08 Å². The number of anilines is 1. The lowest BCUT2D eigenvalue weighted by atomic mass is 9.87. The summed E-state index contributed by atoms with van der Waals surface area (Å²) in [6, 6.07) is 0. The molecule has 392 valence electrons. The van der Waals surface area contributed by atoms with Gasteiger partial charge >= 0.3 is 0 Å². The molecule has 3 heterocycles. The van der Waals surface area contributed by atoms with Crippen molar-refractivity contribution >= 4 is 69.1 Å². The highest BCUT2D eigenvalue weighted by molar-refractivity contribution is 8.14. The highest BCUT2D eigenvalue weighted by atomic mass is 32.2. The van der Waals surface area contributed by atoms with E-state index in [4.69, 9.17) is 10.5 Å². The van der Waals surface area contributed by atoms with Crippen molar-refractivity contribution in [3.63, 3.8) is 0 Å². The number of nitrogens with two attached hydrogens (primary N) is 1. The minimum Gasteiger partial charge on any atom is -0.790 e. The lowest BCUT2D eigenvalue weighted by Gasteiger charge is -2.36. The third kappa shape index (κ3) is 23.0. The van der Waals surface area contributed by atoms with Gasteiger partial charge < -0.3 is 69.0 Å². The molecule has 0 aliphatic carbocycles. The number of imidazole rings is 1. The lowest BCUT2D eigenvalue weighted by Crippen LogP contribution is -2.46. The Balaban J connectivity index is 1.29. The highest BCUT2D eigenvalue weighted by Crippen LogP contribution is 2.56. The second-order valence-corrected chi connectivity index (χ2v) is 22.1. The van der Waals surface area contributed by atoms with E-state index in [0.29, 0.717) is 5.75 Å². The summed E-state index contributed by atoms with van der Waals surface area (Å²) in [5.41, 5.74) is 4.09. The first-order valence-corrected chi connectivity index (χ1v) is 28.2. The maximum atomic E-state index is 12.6. The first kappa shape index (κ1) is 60.3. The summed E-state index contributed by atoms with van der Waals surface area (Å²) in [4.78, 5) is 96.8. The van der Waals surface area contributed by atoms with Gasteiger partial charge in [-0.25, -0.2) is 19.3 Å². The quantitative estimate of drug-likeness (QED) is 0.0287. The highest BCUT2D eigenvalue weighted by Gasteiger charge is 2.47. The van der Waals surface area contributed by atoms with Crippen LogP contribution in [-0.2, 0) is 50.7 Å². The Bertz CT molecular complexity index is 2130. The summed E-state index contributed by atoms with van der Waals surface area (Å²) in [6.07, 6.45) is 17.1. The Morgan fingerprint density at radius 1 is 0.899 bits per heavy atom. The van der Waals surface area contributed by atoms with Crippen molar-refractivity contribution in [2.45, 2.75) is 148 Å². The van der Waals surface area contributed by atoms with Gasteiger partial charge in [-0.15, -0.1) is 0 Å². The van der Waals surface area contributed by atoms with Crippen LogP contribution in [0.1, 0.15) is 123 Å². The summed E-state index contributed by atoms with van der Waals surface area (Å²) in [5, 5.41) is 26.3. The number of carbonyl (C=O) groups is 3. The predicted molar refractivity (Wildman–Crippen MR) is 247 cm³/mol. The molecule has 0 spiro atoms. The maximum Gasteiger partial charge on any atom is 0.274 e. The van der Waals surface area contributed by atoms with Crippen molar-refractivity contribution in [1.29, 1.82) is 0 Å². The van der Waals surface area contributed by atoms with Gasteiger partial charge in [-0.05, 0) is 44.6 Å². The first-order chi connectivity index (χ1) is 32.6. The zero-order valence-corrected chi connectivity index (χ0v) is 42.6. The number of aromatic nitrogens is 4. The van der Waals surface area contributed by atoms with E-state index in [-0.39, 0.29) is 41.6 Å². The van der Waals surface area contributed by atoms with Gasteiger partial charge in [0.2, 0.25) is 16.9 Å². The Morgan fingerprint density at radius 2 is 1.51 bits per heavy atom. The molecule has 1 aliphatic heterocycles. The van der Waals surface area contributed by atoms with Crippen molar-refractivity contribution in [2.24, 2.45) is 5.41 Å². The molecule has 0 radical (unpaired) electrons. The van der Waals surface area contributed by atoms with E-state index in [1.165, 1.54) is 84.1 Å². The number of carbonyl (C=O) groups excluding carboxylic acids is 3. The number of nitrogens with zero attached hydrogens (tertiary/aromatic N) is 4. The Labute approximate surface area is 406 Å². The van der Waals surface area contributed by atoms with Crippen LogP contribution in [0.15, 0.2) is 37.0 Å². The minimum absolute atomic E-state index is 0.0199. The van der Waals surface area contributed by atoms with E-state index in [1.54, 1.807) is 0 Å². The molecule has 24 nitrogen and oxygen atoms in total. The zero-order chi connectivity index (χ0) is 51.1. The largest absolute Gasteiger partial charge is 0.790 e. The summed E-state index contributed by atoms with van der Waals surface area (Å²) in [5.74, 6) is -1.21. The normalized spacial score (nSPS) is 20.1. The van der Waals surface area contributed by atoms with Crippen molar-refractivity contribution in [3.05, 3.63) is 37.0 Å². The van der Waals surface area contributed by atoms with Crippen LogP contribution >= 0.6 is 35.2 Å². The third-order valence-corrected chi connectivity index (χ3v) is 14.4. The van der Waals surface area contributed by atoms with Crippen LogP contribution in [0.3, 0.4) is 0 Å². The summed E-state index contributed by atoms with van der Waals surface area (Å²) in [7, 11) is -17.6. The predicted octanol–water partition coefficient (Wildman–Crippen LogP) is 2.73. The van der Waals surface area contributed by atoms with Crippen molar-refractivity contribution in [3.8, 4) is 0 Å². The average molecular weight is 1050 g/mol. The van der Waals surface area contributed by atoms with E-state index in [2.05, 4.69) is 62.5 Å². The lowest BCUT2D eigenvalue weighted by molar-refractivity contribution is -0.347. The number of aliphatic hydroxyl groups excluding tert-OH is 2. The molecule has 3 rings (SSSR count). The number of unbranched alkanes of at least 4 members (excludes halogenated alkanes) is 12. The van der Waals surface area contributed by atoms with E-state index in [9.17, 15) is 57.9 Å². The van der Waals surface area contributed by atoms with Gasteiger partial charge in [0.1, 0.15) is 36.3 Å². The molecule has 2 unspecified atom stereocenters. The molecule has 2 amide bonds. The van der Waals surface area contributed by atoms with Gasteiger partial charge in [0.25, 0.3) is 15.6 Å². The van der Waals surface area contributed by atoms with Crippen molar-refractivity contribution in [2.75, 3.05) is 37.8 Å². The molecule has 2 aromatic heterocycles. The van der Waals surface area contributed by atoms with E-state index in [0.717, 1.165) is 54.7 Å². The van der Waals surface area contributed by atoms with Gasteiger partial charge in [0.05, 0.1) is 27.4 Å². The van der Waals surface area contributed by atoms with Crippen LogP contribution < -0.4 is 35.9 Å². The SMILES string of the molecule is CCCCCC/C=C\CCCCCCCCC/C=C/C(=O)SCCNC(=O)CCNC(=O)[C@H](O)C(C)(C)COP(=O)([O-])OP(=O)([O-])OC[C@H]1O[C@@H](n2cnc3c(N)ncnc32)[C@H](O)[C@@H]1OP(=O)([O-])[O-]. The molecule has 0 aromatic carbocycles. The van der Waals surface area contributed by atoms with Gasteiger partial charge in [-0.2, -0.15) is 0 Å². The fourth-order valence-corrected chi connectivity index (χ4v) is 10.2. The molecule has 1 fully saturated rings. The number of aliphatic hydroxyl groups is 2. The van der Waals surface area contributed by atoms with Gasteiger partial charge in [0.15, 0.2) is 17.7 Å². The van der Waals surface area contributed by atoms with Crippen molar-refractivity contribution < 1.29 is 80.5 Å². The second-order valence-electron chi connectivity index (χ2n) is 16.9. The molecule has 7 atom stereocenters. The first-order valence-electron chi connectivity index (χ1n) is 22.9. The zero-order valence-electron chi connectivity index (χ0n) is 39.1. The van der Waals surface area contributed by atoms with Crippen LogP contribution in [0, 0.1) is 5.41 Å². The number of hydrogen-bond donors (Lipinski definition) is 5. The fraction of sp³-hybridized carbons (Fsp3) is 0.707. The topological polar surface area (TPSA) is 375 Å². The number of allylic oxidation sites excluding steroid dienone is 3. The molecule has 6 N–H and O–H groups in total. The number of hydrogen-bond acceptors (Lipinski definition) is 22. The van der Waals surface area contributed by atoms with Crippen LogP contribution in [0.25, 0.3) is 11.2 Å². The monoisotopic (exact) mass is 1050 g/mol. The maximum absolute atomic E-state index is 12.6. The molecule has 2 aromatic rings.